The van der Waals surface area contributed by atoms with Crippen molar-refractivity contribution in [2.75, 3.05) is 12.0 Å². The Morgan fingerprint density at radius 2 is 2.06 bits per heavy atom. The highest BCUT2D eigenvalue weighted by molar-refractivity contribution is 7.90. The quantitative estimate of drug-likeness (QED) is 0.828. The number of halogens is 2. The van der Waals surface area contributed by atoms with Gasteiger partial charge in [0.25, 0.3) is 0 Å². The van der Waals surface area contributed by atoms with E-state index in [1.807, 2.05) is 0 Å². The van der Waals surface area contributed by atoms with Crippen LogP contribution in [0.4, 0.5) is 4.39 Å². The first-order valence-electron chi connectivity index (χ1n) is 4.92. The average molecular weight is 279 g/mol. The van der Waals surface area contributed by atoms with Crippen LogP contribution in [0.5, 0.6) is 0 Å². The molecule has 0 bridgehead atoms. The molecule has 0 aliphatic carbocycles. The van der Waals surface area contributed by atoms with Gasteiger partial charge in [-0.05, 0) is 11.6 Å². The van der Waals surface area contributed by atoms with Crippen molar-refractivity contribution >= 4 is 27.2 Å². The summed E-state index contributed by atoms with van der Waals surface area (Å²) in [6.45, 7) is 0. The third-order valence-corrected chi connectivity index (χ3v) is 3.41. The summed E-state index contributed by atoms with van der Waals surface area (Å²) in [6, 6.07) is 4.39. The van der Waals surface area contributed by atoms with Crippen LogP contribution in [0.3, 0.4) is 0 Å². The smallest absolute Gasteiger partial charge is 0.147 e. The second kappa shape index (κ2) is 5.60. The lowest BCUT2D eigenvalue weighted by molar-refractivity contribution is -0.118. The maximum absolute atomic E-state index is 13.4. The van der Waals surface area contributed by atoms with E-state index in [4.69, 9.17) is 11.6 Å². The van der Waals surface area contributed by atoms with E-state index in [1.54, 1.807) is 6.07 Å². The van der Waals surface area contributed by atoms with Crippen LogP contribution in [0, 0.1) is 5.82 Å². The minimum atomic E-state index is -3.17. The van der Waals surface area contributed by atoms with Gasteiger partial charge in [0.2, 0.25) is 0 Å². The summed E-state index contributed by atoms with van der Waals surface area (Å²) in [5.74, 6) is -1.16. The van der Waals surface area contributed by atoms with Gasteiger partial charge in [0, 0.05) is 19.1 Å². The molecular formula is C11H12ClFO3S. The molecule has 0 amide bonds. The van der Waals surface area contributed by atoms with Gasteiger partial charge in [-0.15, -0.1) is 0 Å². The summed E-state index contributed by atoms with van der Waals surface area (Å²) in [5.41, 5.74) is 0.191. The molecule has 1 rings (SSSR count). The summed E-state index contributed by atoms with van der Waals surface area (Å²) in [7, 11) is -3.17. The van der Waals surface area contributed by atoms with Crippen molar-refractivity contribution in [3.63, 3.8) is 0 Å². The van der Waals surface area contributed by atoms with Crippen molar-refractivity contribution in [1.82, 2.24) is 0 Å². The van der Waals surface area contributed by atoms with Crippen molar-refractivity contribution in [3.8, 4) is 0 Å². The van der Waals surface area contributed by atoms with Crippen molar-refractivity contribution in [3.05, 3.63) is 34.6 Å². The molecule has 1 aromatic rings. The van der Waals surface area contributed by atoms with Crippen molar-refractivity contribution in [1.29, 1.82) is 0 Å². The molecule has 3 nitrogen and oxygen atoms in total. The third-order valence-electron chi connectivity index (χ3n) is 2.17. The lowest BCUT2D eigenvalue weighted by Gasteiger charge is -2.03. The predicted octanol–water partition coefficient (Wildman–Crippen LogP) is 2.03. The largest absolute Gasteiger partial charge is 0.299 e. The normalized spacial score (nSPS) is 11.5. The Hall–Kier alpha value is -0.940. The highest BCUT2D eigenvalue weighted by Gasteiger charge is 2.12. The second-order valence-corrected chi connectivity index (χ2v) is 6.48. The molecule has 0 unspecified atom stereocenters. The van der Waals surface area contributed by atoms with Crippen LogP contribution < -0.4 is 0 Å². The van der Waals surface area contributed by atoms with Crippen molar-refractivity contribution in [2.24, 2.45) is 0 Å². The molecule has 0 fully saturated rings. The van der Waals surface area contributed by atoms with Crippen molar-refractivity contribution in [2.45, 2.75) is 12.8 Å². The van der Waals surface area contributed by atoms with Gasteiger partial charge in [-0.2, -0.15) is 0 Å². The van der Waals surface area contributed by atoms with E-state index in [0.29, 0.717) is 0 Å². The molecule has 0 saturated carbocycles. The molecule has 94 valence electrons. The third kappa shape index (κ3) is 4.83. The topological polar surface area (TPSA) is 51.2 Å². The molecule has 0 saturated heterocycles. The maximum atomic E-state index is 13.4. The van der Waals surface area contributed by atoms with Gasteiger partial charge in [-0.3, -0.25) is 4.79 Å². The molecule has 0 aliphatic rings. The molecule has 0 heterocycles. The van der Waals surface area contributed by atoms with Gasteiger partial charge in [0.1, 0.15) is 21.4 Å². The summed E-state index contributed by atoms with van der Waals surface area (Å²) in [4.78, 5) is 11.4. The summed E-state index contributed by atoms with van der Waals surface area (Å²) < 4.78 is 35.2. The molecule has 0 radical (unpaired) electrons. The fourth-order valence-electron chi connectivity index (χ4n) is 1.29. The Labute approximate surface area is 105 Å². The fraction of sp³-hybridized carbons (Fsp3) is 0.364. The van der Waals surface area contributed by atoms with E-state index in [0.717, 1.165) is 6.26 Å². The van der Waals surface area contributed by atoms with Crippen LogP contribution >= 0.6 is 11.6 Å². The minimum absolute atomic E-state index is 0.0431. The minimum Gasteiger partial charge on any atom is -0.299 e. The molecular weight excluding hydrogens is 267 g/mol. The Balaban J connectivity index is 2.66. The number of hydrogen-bond donors (Lipinski definition) is 0. The van der Waals surface area contributed by atoms with E-state index >= 15 is 0 Å². The van der Waals surface area contributed by atoms with Gasteiger partial charge < -0.3 is 0 Å². The van der Waals surface area contributed by atoms with Crippen LogP contribution in [0.15, 0.2) is 18.2 Å². The molecule has 6 heteroatoms. The Bertz CT molecular complexity index is 526. The molecule has 0 aliphatic heterocycles. The number of Topliss-reactive ketones (excluding diaryl/α,β-unsaturated/α-hetero) is 1. The number of carbonyl (C=O) groups is 1. The zero-order valence-corrected chi connectivity index (χ0v) is 10.8. The first kappa shape index (κ1) is 14.1. The molecule has 0 N–H and O–H groups in total. The van der Waals surface area contributed by atoms with Crippen LogP contribution in [-0.4, -0.2) is 26.2 Å². The standard InChI is InChI=1S/C11H12ClFO3S/c1-17(15,16)6-5-9(14)7-8-3-2-4-10(12)11(8)13/h2-4H,5-7H2,1H3. The number of carbonyl (C=O) groups excluding carboxylic acids is 1. The SMILES string of the molecule is CS(=O)(=O)CCC(=O)Cc1cccc(Cl)c1F. The second-order valence-electron chi connectivity index (χ2n) is 3.81. The summed E-state index contributed by atoms with van der Waals surface area (Å²) >= 11 is 5.56. The zero-order chi connectivity index (χ0) is 13.1. The number of rotatable bonds is 5. The lowest BCUT2D eigenvalue weighted by Crippen LogP contribution is -2.12. The molecule has 0 spiro atoms. The van der Waals surface area contributed by atoms with Gasteiger partial charge in [-0.1, -0.05) is 23.7 Å². The van der Waals surface area contributed by atoms with E-state index in [9.17, 15) is 17.6 Å². The van der Waals surface area contributed by atoms with E-state index in [2.05, 4.69) is 0 Å². The van der Waals surface area contributed by atoms with Crippen LogP contribution in [0.25, 0.3) is 0 Å². The molecule has 0 aromatic heterocycles. The molecule has 0 atom stereocenters. The number of sulfone groups is 1. The number of ketones is 1. The van der Waals surface area contributed by atoms with Crippen LogP contribution in [0.2, 0.25) is 5.02 Å². The lowest BCUT2D eigenvalue weighted by atomic mass is 10.1. The fourth-order valence-corrected chi connectivity index (χ4v) is 2.08. The van der Waals surface area contributed by atoms with E-state index in [1.165, 1.54) is 12.1 Å². The zero-order valence-electron chi connectivity index (χ0n) is 9.24. The number of hydrogen-bond acceptors (Lipinski definition) is 3. The monoisotopic (exact) mass is 278 g/mol. The van der Waals surface area contributed by atoms with E-state index < -0.39 is 15.7 Å². The number of benzene rings is 1. The Morgan fingerprint density at radius 3 is 2.65 bits per heavy atom. The highest BCUT2D eigenvalue weighted by Crippen LogP contribution is 2.18. The van der Waals surface area contributed by atoms with Crippen molar-refractivity contribution < 1.29 is 17.6 Å². The van der Waals surface area contributed by atoms with E-state index in [-0.39, 0.29) is 35.0 Å². The summed E-state index contributed by atoms with van der Waals surface area (Å²) in [5, 5.41) is -0.0431. The first-order valence-corrected chi connectivity index (χ1v) is 7.36. The van der Waals surface area contributed by atoms with Gasteiger partial charge in [-0.25, -0.2) is 12.8 Å². The Kier molecular flexibility index (Phi) is 4.65. The Morgan fingerprint density at radius 1 is 1.41 bits per heavy atom. The highest BCUT2D eigenvalue weighted by atomic mass is 35.5. The van der Waals surface area contributed by atoms with Gasteiger partial charge >= 0.3 is 0 Å². The average Bonchev–Trinajstić information content (AvgIpc) is 2.21. The predicted molar refractivity (Wildman–Crippen MR) is 64.4 cm³/mol. The first-order chi connectivity index (χ1) is 7.79. The van der Waals surface area contributed by atoms with Gasteiger partial charge in [0.05, 0.1) is 10.8 Å². The molecule has 17 heavy (non-hydrogen) atoms. The maximum Gasteiger partial charge on any atom is 0.147 e. The molecule has 1 aromatic carbocycles. The van der Waals surface area contributed by atoms with Crippen LogP contribution in [0.1, 0.15) is 12.0 Å². The summed E-state index contributed by atoms with van der Waals surface area (Å²) in [6.07, 6.45) is 0.812. The van der Waals surface area contributed by atoms with Crippen LogP contribution in [-0.2, 0) is 21.1 Å². The van der Waals surface area contributed by atoms with Gasteiger partial charge in [0.15, 0.2) is 0 Å².